The number of aliphatic hydroxyl groups is 1. The van der Waals surface area contributed by atoms with Gasteiger partial charge in [-0.05, 0) is 31.4 Å². The number of aliphatic hydroxyl groups excluding tert-OH is 1. The largest absolute Gasteiger partial charge is 0.396 e. The first-order chi connectivity index (χ1) is 9.52. The molecule has 0 radical (unpaired) electrons. The van der Waals surface area contributed by atoms with Crippen molar-refractivity contribution in [3.8, 4) is 5.69 Å². The maximum Gasteiger partial charge on any atom is 0.288 e. The molecule has 8 heteroatoms. The molecule has 2 rings (SSSR count). The van der Waals surface area contributed by atoms with Gasteiger partial charge in [0.2, 0.25) is 0 Å². The molecule has 0 fully saturated rings. The Hall–Kier alpha value is -1.99. The van der Waals surface area contributed by atoms with E-state index in [9.17, 15) is 10.1 Å². The Morgan fingerprint density at radius 1 is 1.50 bits per heavy atom. The van der Waals surface area contributed by atoms with Crippen molar-refractivity contribution >= 4 is 17.3 Å². The van der Waals surface area contributed by atoms with Crippen LogP contribution in [0.25, 0.3) is 5.69 Å². The average molecular weight is 297 g/mol. The fourth-order valence-electron chi connectivity index (χ4n) is 1.83. The molecular weight excluding hydrogens is 284 g/mol. The minimum absolute atomic E-state index is 0.0583. The zero-order valence-electron chi connectivity index (χ0n) is 10.8. The van der Waals surface area contributed by atoms with Crippen LogP contribution in [0.15, 0.2) is 18.3 Å². The minimum Gasteiger partial charge on any atom is -0.396 e. The SMILES string of the molecule is Cc1cc([N+](=O)[O-])c(Cl)cc1-n1cc(CCCO)nn1. The second-order valence-electron chi connectivity index (χ2n) is 4.33. The van der Waals surface area contributed by atoms with Crippen molar-refractivity contribution in [3.63, 3.8) is 0 Å². The fraction of sp³-hybridized carbons (Fsp3) is 0.333. The summed E-state index contributed by atoms with van der Waals surface area (Å²) in [5, 5.41) is 27.6. The first kappa shape index (κ1) is 14.4. The number of hydrogen-bond acceptors (Lipinski definition) is 5. The van der Waals surface area contributed by atoms with Crippen molar-refractivity contribution in [1.82, 2.24) is 15.0 Å². The zero-order chi connectivity index (χ0) is 14.7. The van der Waals surface area contributed by atoms with Gasteiger partial charge in [-0.1, -0.05) is 16.8 Å². The zero-order valence-corrected chi connectivity index (χ0v) is 11.5. The lowest BCUT2D eigenvalue weighted by molar-refractivity contribution is -0.384. The van der Waals surface area contributed by atoms with Gasteiger partial charge in [-0.25, -0.2) is 4.68 Å². The Balaban J connectivity index is 2.35. The van der Waals surface area contributed by atoms with E-state index in [0.717, 1.165) is 5.69 Å². The van der Waals surface area contributed by atoms with Crippen molar-refractivity contribution in [1.29, 1.82) is 0 Å². The highest BCUT2D eigenvalue weighted by Crippen LogP contribution is 2.29. The topological polar surface area (TPSA) is 94.1 Å². The van der Waals surface area contributed by atoms with Crippen molar-refractivity contribution < 1.29 is 10.0 Å². The lowest BCUT2D eigenvalue weighted by Gasteiger charge is -2.06. The maximum atomic E-state index is 10.8. The van der Waals surface area contributed by atoms with Crippen LogP contribution in [0.3, 0.4) is 0 Å². The molecule has 0 aliphatic carbocycles. The number of nitrogens with zero attached hydrogens (tertiary/aromatic N) is 4. The molecule has 106 valence electrons. The van der Waals surface area contributed by atoms with Gasteiger partial charge in [-0.3, -0.25) is 10.1 Å². The van der Waals surface area contributed by atoms with E-state index in [2.05, 4.69) is 10.3 Å². The van der Waals surface area contributed by atoms with Gasteiger partial charge < -0.3 is 5.11 Å². The summed E-state index contributed by atoms with van der Waals surface area (Å²) in [6.07, 6.45) is 2.95. The summed E-state index contributed by atoms with van der Waals surface area (Å²) < 4.78 is 1.53. The van der Waals surface area contributed by atoms with E-state index in [0.29, 0.717) is 24.1 Å². The van der Waals surface area contributed by atoms with Crippen LogP contribution < -0.4 is 0 Å². The van der Waals surface area contributed by atoms with Gasteiger partial charge >= 0.3 is 0 Å². The summed E-state index contributed by atoms with van der Waals surface area (Å²) in [6.45, 7) is 1.84. The number of aryl methyl sites for hydroxylation is 2. The molecule has 0 amide bonds. The molecule has 20 heavy (non-hydrogen) atoms. The molecule has 1 aromatic heterocycles. The number of nitro benzene ring substituents is 1. The number of rotatable bonds is 5. The van der Waals surface area contributed by atoms with Crippen LogP contribution in [-0.2, 0) is 6.42 Å². The van der Waals surface area contributed by atoms with Crippen molar-refractivity contribution in [2.24, 2.45) is 0 Å². The molecule has 1 N–H and O–H groups in total. The first-order valence-electron chi connectivity index (χ1n) is 6.00. The Morgan fingerprint density at radius 2 is 2.25 bits per heavy atom. The van der Waals surface area contributed by atoms with Gasteiger partial charge in [0.05, 0.1) is 22.5 Å². The van der Waals surface area contributed by atoms with Gasteiger partial charge in [0.25, 0.3) is 5.69 Å². The molecule has 0 spiro atoms. The Morgan fingerprint density at radius 3 is 2.90 bits per heavy atom. The van der Waals surface area contributed by atoms with Gasteiger partial charge in [0.15, 0.2) is 0 Å². The van der Waals surface area contributed by atoms with E-state index in [-0.39, 0.29) is 17.3 Å². The second kappa shape index (κ2) is 5.98. The number of hydrogen-bond donors (Lipinski definition) is 1. The summed E-state index contributed by atoms with van der Waals surface area (Å²) in [5.74, 6) is 0. The highest BCUT2D eigenvalue weighted by atomic mass is 35.5. The predicted octanol–water partition coefficient (Wildman–Crippen LogP) is 2.06. The van der Waals surface area contributed by atoms with Crippen LogP contribution >= 0.6 is 11.6 Å². The van der Waals surface area contributed by atoms with E-state index in [1.165, 1.54) is 16.8 Å². The Kier molecular flexibility index (Phi) is 4.31. The first-order valence-corrected chi connectivity index (χ1v) is 6.37. The van der Waals surface area contributed by atoms with Crippen LogP contribution in [0.2, 0.25) is 5.02 Å². The third-order valence-corrected chi connectivity index (χ3v) is 3.14. The van der Waals surface area contributed by atoms with Crippen molar-refractivity contribution in [2.75, 3.05) is 6.61 Å². The molecule has 0 aliphatic rings. The molecule has 0 unspecified atom stereocenters. The van der Waals surface area contributed by atoms with Crippen LogP contribution in [-0.4, -0.2) is 31.6 Å². The molecule has 2 aromatic rings. The van der Waals surface area contributed by atoms with Crippen LogP contribution in [0.1, 0.15) is 17.7 Å². The van der Waals surface area contributed by atoms with Gasteiger partial charge in [-0.2, -0.15) is 0 Å². The standard InChI is InChI=1S/C12H13ClN4O3/c1-8-5-12(17(19)20)10(13)6-11(8)16-7-9(14-15-16)3-2-4-18/h5-7,18H,2-4H2,1H3. The smallest absolute Gasteiger partial charge is 0.288 e. The summed E-state index contributed by atoms with van der Waals surface area (Å²) in [4.78, 5) is 10.3. The molecule has 0 saturated carbocycles. The molecular formula is C12H13ClN4O3. The number of benzene rings is 1. The summed E-state index contributed by atoms with van der Waals surface area (Å²) >= 11 is 5.90. The highest BCUT2D eigenvalue weighted by molar-refractivity contribution is 6.32. The summed E-state index contributed by atoms with van der Waals surface area (Å²) in [7, 11) is 0. The molecule has 0 atom stereocenters. The number of halogens is 1. The molecule has 0 aliphatic heterocycles. The maximum absolute atomic E-state index is 10.8. The quantitative estimate of drug-likeness (QED) is 0.673. The van der Waals surface area contributed by atoms with Crippen LogP contribution in [0.4, 0.5) is 5.69 Å². The molecule has 0 bridgehead atoms. The van der Waals surface area contributed by atoms with E-state index in [1.807, 2.05) is 0 Å². The van der Waals surface area contributed by atoms with Gasteiger partial charge in [0.1, 0.15) is 5.02 Å². The lowest BCUT2D eigenvalue weighted by Crippen LogP contribution is -2.00. The number of nitro groups is 1. The second-order valence-corrected chi connectivity index (χ2v) is 4.74. The van der Waals surface area contributed by atoms with E-state index < -0.39 is 4.92 Å². The van der Waals surface area contributed by atoms with Gasteiger partial charge in [0, 0.05) is 12.7 Å². The van der Waals surface area contributed by atoms with Gasteiger partial charge in [-0.15, -0.1) is 5.10 Å². The van der Waals surface area contributed by atoms with Crippen molar-refractivity contribution in [3.05, 3.63) is 44.7 Å². The Bertz CT molecular complexity index is 642. The fourth-order valence-corrected chi connectivity index (χ4v) is 2.06. The predicted molar refractivity (Wildman–Crippen MR) is 73.2 cm³/mol. The monoisotopic (exact) mass is 296 g/mol. The minimum atomic E-state index is -0.521. The van der Waals surface area contributed by atoms with E-state index in [4.69, 9.17) is 16.7 Å². The molecule has 1 aromatic carbocycles. The molecule has 7 nitrogen and oxygen atoms in total. The van der Waals surface area contributed by atoms with Crippen LogP contribution in [0, 0.1) is 17.0 Å². The third kappa shape index (κ3) is 2.94. The van der Waals surface area contributed by atoms with E-state index >= 15 is 0 Å². The normalized spacial score (nSPS) is 10.8. The van der Waals surface area contributed by atoms with Crippen LogP contribution in [0.5, 0.6) is 0 Å². The number of aromatic nitrogens is 3. The summed E-state index contributed by atoms with van der Waals surface area (Å²) in [5.41, 5.74) is 1.93. The van der Waals surface area contributed by atoms with Crippen molar-refractivity contribution in [2.45, 2.75) is 19.8 Å². The lowest BCUT2D eigenvalue weighted by atomic mass is 10.2. The molecule has 0 saturated heterocycles. The van der Waals surface area contributed by atoms with E-state index in [1.54, 1.807) is 13.1 Å². The summed E-state index contributed by atoms with van der Waals surface area (Å²) in [6, 6.07) is 2.91. The molecule has 1 heterocycles. The highest BCUT2D eigenvalue weighted by Gasteiger charge is 2.16. The third-order valence-electron chi connectivity index (χ3n) is 2.84. The Labute approximate surface area is 119 Å². The average Bonchev–Trinajstić information content (AvgIpc) is 2.86.